The topological polar surface area (TPSA) is 117 Å². The largest absolute Gasteiger partial charge is 0.394 e. The number of nitrogens with one attached hydrogen (secondary N) is 1. The van der Waals surface area contributed by atoms with Crippen molar-refractivity contribution in [3.05, 3.63) is 47.0 Å². The van der Waals surface area contributed by atoms with Crippen molar-refractivity contribution in [2.24, 2.45) is 5.92 Å². The van der Waals surface area contributed by atoms with E-state index in [0.717, 1.165) is 25.7 Å². The number of thiazole rings is 1. The van der Waals surface area contributed by atoms with E-state index in [1.54, 1.807) is 29.6 Å². The Morgan fingerprint density at radius 1 is 1.19 bits per heavy atom. The summed E-state index contributed by atoms with van der Waals surface area (Å²) in [6.45, 7) is -0.347. The van der Waals surface area contributed by atoms with E-state index in [2.05, 4.69) is 10.3 Å². The number of aromatic nitrogens is 1. The number of rotatable bonds is 9. The molecule has 7 nitrogen and oxygen atoms in total. The molecule has 1 atom stereocenters. The van der Waals surface area contributed by atoms with Gasteiger partial charge < -0.3 is 10.2 Å². The number of carbonyl (C=O) groups excluding carboxylic acids is 1. The average Bonchev–Trinajstić information content (AvgIpc) is 3.37. The van der Waals surface area contributed by atoms with Crippen LogP contribution in [0.2, 0.25) is 0 Å². The monoisotopic (exact) mass is 476 g/mol. The van der Waals surface area contributed by atoms with E-state index in [-0.39, 0.29) is 24.2 Å². The molecule has 4 rings (SSSR count). The van der Waals surface area contributed by atoms with E-state index < -0.39 is 15.9 Å². The zero-order chi connectivity index (χ0) is 22.7. The number of aliphatic hydroxyl groups is 2. The first-order valence-corrected chi connectivity index (χ1v) is 13.4. The first-order valence-electron chi connectivity index (χ1n) is 11.0. The van der Waals surface area contributed by atoms with Gasteiger partial charge in [-0.25, -0.2) is 13.4 Å². The summed E-state index contributed by atoms with van der Waals surface area (Å²) < 4.78 is 25.0. The van der Waals surface area contributed by atoms with Crippen LogP contribution >= 0.6 is 11.3 Å². The first-order chi connectivity index (χ1) is 15.4. The maximum atomic E-state index is 13.2. The number of amides is 1. The maximum absolute atomic E-state index is 13.2. The predicted molar refractivity (Wildman–Crippen MR) is 124 cm³/mol. The number of hydrogen-bond acceptors (Lipinski definition) is 7. The van der Waals surface area contributed by atoms with Crippen LogP contribution in [0.5, 0.6) is 0 Å². The van der Waals surface area contributed by atoms with Crippen molar-refractivity contribution < 1.29 is 23.4 Å². The van der Waals surface area contributed by atoms with Crippen molar-refractivity contribution in [1.29, 1.82) is 0 Å². The van der Waals surface area contributed by atoms with E-state index >= 15 is 0 Å². The average molecular weight is 477 g/mol. The summed E-state index contributed by atoms with van der Waals surface area (Å²) in [7, 11) is -3.28. The smallest absolute Gasteiger partial charge is 0.257 e. The summed E-state index contributed by atoms with van der Waals surface area (Å²) in [5.74, 6) is 0.0236. The minimum atomic E-state index is -3.28. The third kappa shape index (κ3) is 5.46. The highest BCUT2D eigenvalue weighted by Gasteiger charge is 2.36. The van der Waals surface area contributed by atoms with E-state index in [1.807, 2.05) is 6.08 Å². The van der Waals surface area contributed by atoms with Gasteiger partial charge in [-0.15, -0.1) is 11.3 Å². The zero-order valence-corrected chi connectivity index (χ0v) is 19.4. The van der Waals surface area contributed by atoms with Crippen LogP contribution in [0.4, 0.5) is 5.13 Å². The van der Waals surface area contributed by atoms with E-state index in [0.29, 0.717) is 45.6 Å². The van der Waals surface area contributed by atoms with Crippen molar-refractivity contribution in [3.8, 4) is 0 Å². The molecule has 2 aromatic rings. The van der Waals surface area contributed by atoms with Crippen LogP contribution in [0.25, 0.3) is 5.57 Å². The molecule has 1 aromatic heterocycles. The van der Waals surface area contributed by atoms with Gasteiger partial charge in [-0.3, -0.25) is 10.1 Å². The van der Waals surface area contributed by atoms with Gasteiger partial charge >= 0.3 is 0 Å². The summed E-state index contributed by atoms with van der Waals surface area (Å²) in [6.07, 6.45) is 7.09. The molecule has 0 saturated heterocycles. The predicted octanol–water partition coefficient (Wildman–Crippen LogP) is 3.19. The molecule has 2 fully saturated rings. The van der Waals surface area contributed by atoms with E-state index in [4.69, 9.17) is 5.11 Å². The summed E-state index contributed by atoms with van der Waals surface area (Å²) >= 11 is 1.26. The minimum absolute atomic E-state index is 0.213. The second kappa shape index (κ2) is 9.82. The van der Waals surface area contributed by atoms with Gasteiger partial charge in [-0.1, -0.05) is 31.1 Å². The van der Waals surface area contributed by atoms with Gasteiger partial charge in [0.15, 0.2) is 15.0 Å². The first kappa shape index (κ1) is 23.1. The van der Waals surface area contributed by atoms with Crippen LogP contribution in [0.15, 0.2) is 40.6 Å². The summed E-state index contributed by atoms with van der Waals surface area (Å²) in [4.78, 5) is 17.8. The van der Waals surface area contributed by atoms with Crippen LogP contribution in [-0.2, 0) is 21.1 Å². The molecule has 0 bridgehead atoms. The van der Waals surface area contributed by atoms with Crippen molar-refractivity contribution in [1.82, 2.24) is 4.98 Å². The number of anilines is 1. The number of benzene rings is 1. The Labute approximate surface area is 192 Å². The van der Waals surface area contributed by atoms with Crippen LogP contribution in [0.3, 0.4) is 0 Å². The Kier molecular flexibility index (Phi) is 7.09. The fourth-order valence-corrected chi connectivity index (χ4v) is 6.36. The third-order valence-electron chi connectivity index (χ3n) is 5.93. The van der Waals surface area contributed by atoms with Gasteiger partial charge in [0.25, 0.3) is 5.91 Å². The van der Waals surface area contributed by atoms with Gasteiger partial charge in [0.05, 0.1) is 28.6 Å². The molecule has 1 amide bonds. The fraction of sp³-hybridized carbons (Fsp3) is 0.478. The maximum Gasteiger partial charge on any atom is 0.257 e. The number of hydrogen-bond donors (Lipinski definition) is 3. The lowest BCUT2D eigenvalue weighted by Gasteiger charge is -2.12. The molecule has 1 aromatic carbocycles. The van der Waals surface area contributed by atoms with Crippen molar-refractivity contribution in [2.75, 3.05) is 11.9 Å². The molecule has 0 radical (unpaired) electrons. The molecule has 0 spiro atoms. The second-order valence-electron chi connectivity index (χ2n) is 8.53. The van der Waals surface area contributed by atoms with Gasteiger partial charge in [0, 0.05) is 17.4 Å². The summed E-state index contributed by atoms with van der Waals surface area (Å²) in [5.41, 5.74) is 1.79. The Bertz CT molecular complexity index is 1080. The standard InChI is InChI=1S/C23H28N2O5S2/c26-13-18(27)12-17-14-31-23(24-17)25-22(28)21(11-15-3-1-2-4-15)16-5-7-19(8-6-16)32(29,30)20-9-10-20/h5-8,11,14-15,18,20,26-27H,1-4,9-10,12-13H2,(H,24,25,28). The highest BCUT2D eigenvalue weighted by atomic mass is 32.2. The number of carbonyl (C=O) groups is 1. The lowest BCUT2D eigenvalue weighted by molar-refractivity contribution is -0.111. The van der Waals surface area contributed by atoms with Crippen molar-refractivity contribution >= 4 is 37.8 Å². The lowest BCUT2D eigenvalue weighted by Crippen LogP contribution is -2.16. The Balaban J connectivity index is 1.55. The quantitative estimate of drug-likeness (QED) is 0.479. The fourth-order valence-electron chi connectivity index (χ4n) is 3.99. The van der Waals surface area contributed by atoms with Crippen LogP contribution in [0.1, 0.15) is 49.8 Å². The number of aliphatic hydroxyl groups excluding tert-OH is 2. The van der Waals surface area contributed by atoms with Gasteiger partial charge in [0.1, 0.15) is 0 Å². The Hall–Kier alpha value is -2.07. The minimum Gasteiger partial charge on any atom is -0.394 e. The molecular formula is C23H28N2O5S2. The molecule has 1 heterocycles. The molecule has 2 aliphatic carbocycles. The molecule has 172 valence electrons. The van der Waals surface area contributed by atoms with Crippen LogP contribution < -0.4 is 5.32 Å². The van der Waals surface area contributed by atoms with Crippen LogP contribution in [-0.4, -0.2) is 47.5 Å². The van der Waals surface area contributed by atoms with Crippen molar-refractivity contribution in [3.63, 3.8) is 0 Å². The molecule has 9 heteroatoms. The number of sulfone groups is 1. The zero-order valence-electron chi connectivity index (χ0n) is 17.7. The van der Waals surface area contributed by atoms with E-state index in [1.165, 1.54) is 11.3 Å². The molecular weight excluding hydrogens is 448 g/mol. The van der Waals surface area contributed by atoms with Crippen LogP contribution in [0, 0.1) is 5.92 Å². The van der Waals surface area contributed by atoms with Gasteiger partial charge in [0.2, 0.25) is 0 Å². The highest BCUT2D eigenvalue weighted by molar-refractivity contribution is 7.92. The molecule has 2 aliphatic rings. The highest BCUT2D eigenvalue weighted by Crippen LogP contribution is 2.34. The lowest BCUT2D eigenvalue weighted by atomic mass is 9.98. The number of allylic oxidation sites excluding steroid dienone is 1. The Morgan fingerprint density at radius 3 is 2.50 bits per heavy atom. The Morgan fingerprint density at radius 2 is 1.88 bits per heavy atom. The van der Waals surface area contributed by atoms with Gasteiger partial charge in [-0.2, -0.15) is 0 Å². The second-order valence-corrected chi connectivity index (χ2v) is 11.6. The molecule has 3 N–H and O–H groups in total. The molecule has 32 heavy (non-hydrogen) atoms. The van der Waals surface area contributed by atoms with E-state index in [9.17, 15) is 18.3 Å². The van der Waals surface area contributed by atoms with Crippen molar-refractivity contribution in [2.45, 2.75) is 61.2 Å². The molecule has 0 aliphatic heterocycles. The molecule has 1 unspecified atom stereocenters. The summed E-state index contributed by atoms with van der Waals surface area (Å²) in [5, 5.41) is 23.3. The number of nitrogens with zero attached hydrogens (tertiary/aromatic N) is 1. The molecule has 2 saturated carbocycles. The SMILES string of the molecule is O=C(Nc1nc(CC(O)CO)cs1)C(=CC1CCCC1)c1ccc(S(=O)(=O)C2CC2)cc1. The summed E-state index contributed by atoms with van der Waals surface area (Å²) in [6, 6.07) is 6.61. The normalized spacial score (nSPS) is 18.6. The third-order valence-corrected chi connectivity index (χ3v) is 9.02. The van der Waals surface area contributed by atoms with Gasteiger partial charge in [-0.05, 0) is 49.3 Å².